The van der Waals surface area contributed by atoms with Crippen LogP contribution in [0.15, 0.2) is 54.7 Å². The van der Waals surface area contributed by atoms with Crippen molar-refractivity contribution in [2.75, 3.05) is 0 Å². The molecule has 0 N–H and O–H groups in total. The van der Waals surface area contributed by atoms with Gasteiger partial charge in [0.05, 0.1) is 0 Å². The minimum Gasteiger partial charge on any atom is -0.201 e. The van der Waals surface area contributed by atoms with Crippen LogP contribution in [0.1, 0.15) is 61.3 Å². The molecule has 132 valence electrons. The second-order valence-electron chi connectivity index (χ2n) is 7.89. The number of fused-ring (bicyclic) bond motifs is 3. The van der Waals surface area contributed by atoms with Crippen LogP contribution in [0.3, 0.4) is 0 Å². The maximum absolute atomic E-state index is 8.79. The topological polar surface area (TPSA) is 3.88 Å². The van der Waals surface area contributed by atoms with Gasteiger partial charge in [0.1, 0.15) is 7.05 Å². The summed E-state index contributed by atoms with van der Waals surface area (Å²) in [6, 6.07) is 16.3. The van der Waals surface area contributed by atoms with E-state index in [-0.39, 0.29) is 5.41 Å². The van der Waals surface area contributed by atoms with Crippen molar-refractivity contribution in [1.29, 1.82) is 0 Å². The molecule has 1 aliphatic rings. The zero-order chi connectivity index (χ0) is 22.1. The maximum Gasteiger partial charge on any atom is 0.212 e. The number of aryl methyl sites for hydroxylation is 2. The quantitative estimate of drug-likeness (QED) is 0.507. The predicted octanol–water partition coefficient (Wildman–Crippen LogP) is 5.92. The van der Waals surface area contributed by atoms with Gasteiger partial charge in [0.25, 0.3) is 0 Å². The van der Waals surface area contributed by atoms with Gasteiger partial charge in [-0.1, -0.05) is 51.9 Å². The zero-order valence-electron chi connectivity index (χ0n) is 20.1. The number of hydrogen-bond acceptors (Lipinski definition) is 0. The summed E-state index contributed by atoms with van der Waals surface area (Å²) in [5.74, 6) is -1.70. The van der Waals surface area contributed by atoms with Crippen LogP contribution in [0.25, 0.3) is 22.4 Å². The first-order valence-corrected chi connectivity index (χ1v) is 9.12. The molecule has 0 fully saturated rings. The van der Waals surface area contributed by atoms with Gasteiger partial charge in [-0.15, -0.1) is 0 Å². The Bertz CT molecular complexity index is 1160. The number of hydrogen-bond donors (Lipinski definition) is 0. The van der Waals surface area contributed by atoms with Crippen LogP contribution in [0, 0.1) is 6.92 Å². The fourth-order valence-electron chi connectivity index (χ4n) is 4.33. The van der Waals surface area contributed by atoms with Crippen LogP contribution < -0.4 is 4.57 Å². The molecule has 1 heterocycles. The average molecular weight is 347 g/mol. The van der Waals surface area contributed by atoms with Crippen molar-refractivity contribution in [3.05, 3.63) is 77.0 Å². The third-order valence-corrected chi connectivity index (χ3v) is 5.78. The molecular formula is C25H28N+. The number of nitrogens with zero attached hydrogens (tertiary/aromatic N) is 1. The number of benzene rings is 2. The first-order valence-electron chi connectivity index (χ1n) is 11.1. The Balaban J connectivity index is 2.07. The van der Waals surface area contributed by atoms with E-state index in [0.29, 0.717) is 5.56 Å². The molecule has 0 radical (unpaired) electrons. The molecule has 0 bridgehead atoms. The van der Waals surface area contributed by atoms with Crippen LogP contribution in [0.2, 0.25) is 0 Å². The third-order valence-electron chi connectivity index (χ3n) is 5.78. The molecule has 1 aromatic heterocycles. The monoisotopic (exact) mass is 346 g/mol. The van der Waals surface area contributed by atoms with Gasteiger partial charge in [-0.25, -0.2) is 4.57 Å². The first-order chi connectivity index (χ1) is 13.9. The van der Waals surface area contributed by atoms with E-state index < -0.39 is 12.7 Å². The van der Waals surface area contributed by atoms with E-state index in [1.54, 1.807) is 0 Å². The van der Waals surface area contributed by atoms with Crippen molar-refractivity contribution in [3.8, 4) is 22.4 Å². The van der Waals surface area contributed by atoms with Gasteiger partial charge >= 0.3 is 0 Å². The minimum atomic E-state index is -2.42. The summed E-state index contributed by atoms with van der Waals surface area (Å²) in [5.41, 5.74) is 7.94. The van der Waals surface area contributed by atoms with Crippen molar-refractivity contribution < 1.29 is 10.1 Å². The summed E-state index contributed by atoms with van der Waals surface area (Å²) >= 11 is 0. The number of aromatic nitrogens is 1. The van der Waals surface area contributed by atoms with Gasteiger partial charge < -0.3 is 0 Å². The van der Waals surface area contributed by atoms with Crippen LogP contribution in [-0.4, -0.2) is 0 Å². The molecule has 3 aromatic rings. The highest BCUT2D eigenvalue weighted by molar-refractivity contribution is 5.87. The lowest BCUT2D eigenvalue weighted by Gasteiger charge is -2.22. The second kappa shape index (κ2) is 5.81. The fraction of sp³-hybridized carbons (Fsp3) is 0.320. The Kier molecular flexibility index (Phi) is 2.87. The van der Waals surface area contributed by atoms with E-state index >= 15 is 0 Å². The van der Waals surface area contributed by atoms with E-state index in [1.165, 1.54) is 18.1 Å². The molecule has 1 nitrogen and oxygen atoms in total. The molecule has 0 spiro atoms. The molecule has 1 atom stereocenters. The third kappa shape index (κ3) is 2.34. The highest BCUT2D eigenvalue weighted by Crippen LogP contribution is 2.52. The van der Waals surface area contributed by atoms with Gasteiger partial charge in [0.2, 0.25) is 5.69 Å². The maximum atomic E-state index is 8.79. The van der Waals surface area contributed by atoms with Gasteiger partial charge in [0.15, 0.2) is 6.20 Å². The summed E-state index contributed by atoms with van der Waals surface area (Å²) in [6.07, 6.45) is 2.03. The van der Waals surface area contributed by atoms with Crippen molar-refractivity contribution in [2.24, 2.45) is 7.05 Å². The highest BCUT2D eigenvalue weighted by atomic mass is 14.9. The summed E-state index contributed by atoms with van der Waals surface area (Å²) in [6.45, 7) is 5.57. The Morgan fingerprint density at radius 2 is 1.85 bits per heavy atom. The molecule has 0 aliphatic heterocycles. The van der Waals surface area contributed by atoms with Crippen molar-refractivity contribution >= 4 is 0 Å². The molecular weight excluding hydrogens is 314 g/mol. The molecule has 1 aliphatic carbocycles. The van der Waals surface area contributed by atoms with Crippen LogP contribution in [0.5, 0.6) is 0 Å². The SMILES string of the molecule is [2H]C([2H])([2H])C([2H])(C)c1cccc2c1-c1cc(-c3cccc[n+]3C)c(C)cc1C2(C)C. The first kappa shape index (κ1) is 12.9. The molecule has 0 saturated heterocycles. The molecule has 2 aromatic carbocycles. The Labute approximate surface area is 163 Å². The Morgan fingerprint density at radius 3 is 2.58 bits per heavy atom. The van der Waals surface area contributed by atoms with Crippen molar-refractivity contribution in [1.82, 2.24) is 0 Å². The van der Waals surface area contributed by atoms with Crippen molar-refractivity contribution in [2.45, 2.75) is 45.9 Å². The predicted molar refractivity (Wildman–Crippen MR) is 109 cm³/mol. The molecule has 1 heteroatoms. The van der Waals surface area contributed by atoms with Gasteiger partial charge in [-0.05, 0) is 58.3 Å². The fourth-order valence-corrected chi connectivity index (χ4v) is 4.33. The van der Waals surface area contributed by atoms with E-state index in [2.05, 4.69) is 49.6 Å². The minimum absolute atomic E-state index is 0.256. The summed E-state index contributed by atoms with van der Waals surface area (Å²) < 4.78 is 34.9. The largest absolute Gasteiger partial charge is 0.212 e. The van der Waals surface area contributed by atoms with E-state index in [1.807, 2.05) is 37.5 Å². The summed E-state index contributed by atoms with van der Waals surface area (Å²) in [7, 11) is 2.03. The highest BCUT2D eigenvalue weighted by Gasteiger charge is 2.37. The van der Waals surface area contributed by atoms with Crippen molar-refractivity contribution in [3.63, 3.8) is 0 Å². The van der Waals surface area contributed by atoms with Gasteiger partial charge in [-0.3, -0.25) is 0 Å². The van der Waals surface area contributed by atoms with E-state index in [0.717, 1.165) is 27.9 Å². The Morgan fingerprint density at radius 1 is 1.04 bits per heavy atom. The molecule has 0 saturated carbocycles. The average Bonchev–Trinajstić information content (AvgIpc) is 2.88. The van der Waals surface area contributed by atoms with E-state index in [4.69, 9.17) is 5.48 Å². The molecule has 1 unspecified atom stereocenters. The smallest absolute Gasteiger partial charge is 0.201 e. The molecule has 4 rings (SSSR count). The van der Waals surface area contributed by atoms with Gasteiger partial charge in [0, 0.05) is 28.6 Å². The second-order valence-corrected chi connectivity index (χ2v) is 7.89. The van der Waals surface area contributed by atoms with Crippen LogP contribution in [-0.2, 0) is 12.5 Å². The standard InChI is InChI=1S/C25H28N/c1-16(2)18-10-9-11-21-24(18)20-15-19(23-12-7-8-13-26(23)6)17(3)14-22(20)25(21,4)5/h7-16H,1-6H3/q+1/i1D3,16D. The van der Waals surface area contributed by atoms with Crippen LogP contribution in [0.4, 0.5) is 0 Å². The lowest BCUT2D eigenvalue weighted by molar-refractivity contribution is -0.660. The zero-order valence-corrected chi connectivity index (χ0v) is 16.1. The van der Waals surface area contributed by atoms with Crippen LogP contribution >= 0.6 is 0 Å². The summed E-state index contributed by atoms with van der Waals surface area (Å²) in [5, 5.41) is 0. The summed E-state index contributed by atoms with van der Waals surface area (Å²) in [4.78, 5) is 0. The Hall–Kier alpha value is -2.41. The molecule has 26 heavy (non-hydrogen) atoms. The molecule has 0 amide bonds. The lowest BCUT2D eigenvalue weighted by Crippen LogP contribution is -2.30. The lowest BCUT2D eigenvalue weighted by atomic mass is 9.81. The van der Waals surface area contributed by atoms with Gasteiger partial charge in [-0.2, -0.15) is 0 Å². The normalized spacial score (nSPS) is 19.4. The van der Waals surface area contributed by atoms with E-state index in [9.17, 15) is 0 Å². The number of pyridine rings is 1. The number of rotatable bonds is 2.